The number of rotatable bonds is 8. The summed E-state index contributed by atoms with van der Waals surface area (Å²) in [5.41, 5.74) is 1.38. The number of hydrogen-bond donors (Lipinski definition) is 0. The van der Waals surface area contributed by atoms with E-state index in [2.05, 4.69) is 9.88 Å². The zero-order chi connectivity index (χ0) is 20.5. The Kier molecular flexibility index (Phi) is 6.35. The molecule has 6 heteroatoms. The summed E-state index contributed by atoms with van der Waals surface area (Å²) in [4.78, 5) is 27.0. The molecule has 2 saturated carbocycles. The third kappa shape index (κ3) is 5.20. The van der Waals surface area contributed by atoms with Crippen LogP contribution in [0.3, 0.4) is 0 Å². The van der Waals surface area contributed by atoms with Gasteiger partial charge < -0.3 is 0 Å². The molecule has 0 bridgehead atoms. The van der Waals surface area contributed by atoms with Gasteiger partial charge in [0.2, 0.25) is 0 Å². The first-order valence-corrected chi connectivity index (χ1v) is 13.4. The molecule has 5 rings (SSSR count). The molecule has 0 saturated heterocycles. The fraction of sp³-hybridized carbons (Fsp3) is 0.708. The molecule has 162 valence electrons. The van der Waals surface area contributed by atoms with Crippen molar-refractivity contribution in [3.05, 3.63) is 31.7 Å². The Hall–Kier alpha value is -1.11. The van der Waals surface area contributed by atoms with Crippen LogP contribution in [0.2, 0.25) is 0 Å². The number of fused-ring (bicyclic) bond motifs is 1. The highest BCUT2D eigenvalue weighted by molar-refractivity contribution is 7.12. The number of Topliss-reactive ketones (excluding diaryl/α,β-unsaturated/α-hetero) is 1. The molecule has 2 aliphatic carbocycles. The van der Waals surface area contributed by atoms with Gasteiger partial charge in [0.25, 0.3) is 0 Å². The average molecular weight is 444 g/mol. The summed E-state index contributed by atoms with van der Waals surface area (Å²) < 4.78 is 0. The Balaban J connectivity index is 1.02. The van der Waals surface area contributed by atoms with E-state index >= 15 is 0 Å². The van der Waals surface area contributed by atoms with Crippen LogP contribution in [-0.4, -0.2) is 33.7 Å². The van der Waals surface area contributed by atoms with Gasteiger partial charge in [0.05, 0.1) is 15.7 Å². The van der Waals surface area contributed by atoms with Gasteiger partial charge in [0, 0.05) is 47.8 Å². The monoisotopic (exact) mass is 443 g/mol. The number of aryl methyl sites for hydroxylation is 1. The van der Waals surface area contributed by atoms with Gasteiger partial charge in [-0.05, 0) is 63.8 Å². The lowest BCUT2D eigenvalue weighted by atomic mass is 9.78. The highest BCUT2D eigenvalue weighted by Gasteiger charge is 2.30. The van der Waals surface area contributed by atoms with Crippen LogP contribution in [0.4, 0.5) is 0 Å². The van der Waals surface area contributed by atoms with Gasteiger partial charge in [-0.25, -0.2) is 9.97 Å². The summed E-state index contributed by atoms with van der Waals surface area (Å²) in [5.74, 6) is 2.65. The van der Waals surface area contributed by atoms with Crippen molar-refractivity contribution in [3.63, 3.8) is 0 Å². The van der Waals surface area contributed by atoms with Gasteiger partial charge >= 0.3 is 0 Å². The summed E-state index contributed by atoms with van der Waals surface area (Å²) >= 11 is 3.65. The molecule has 3 aliphatic rings. The van der Waals surface area contributed by atoms with Crippen LogP contribution in [-0.2, 0) is 24.2 Å². The lowest BCUT2D eigenvalue weighted by Crippen LogP contribution is -2.32. The summed E-state index contributed by atoms with van der Waals surface area (Å²) in [6, 6.07) is 0. The van der Waals surface area contributed by atoms with Crippen LogP contribution in [0, 0.1) is 18.8 Å². The minimum absolute atomic E-state index is 0.403. The molecule has 0 N–H and O–H groups in total. The molecular weight excluding hydrogens is 410 g/mol. The largest absolute Gasteiger partial charge is 0.299 e. The maximum absolute atomic E-state index is 12.4. The van der Waals surface area contributed by atoms with Crippen LogP contribution in [0.1, 0.15) is 82.7 Å². The Morgan fingerprint density at radius 1 is 1.13 bits per heavy atom. The zero-order valence-corrected chi connectivity index (χ0v) is 19.7. The van der Waals surface area contributed by atoms with Crippen LogP contribution in [0.25, 0.3) is 0 Å². The van der Waals surface area contributed by atoms with Gasteiger partial charge in [-0.1, -0.05) is 12.8 Å². The fourth-order valence-corrected chi connectivity index (χ4v) is 7.19. The predicted octanol–water partition coefficient (Wildman–Crippen LogP) is 5.54. The molecule has 3 heterocycles. The summed E-state index contributed by atoms with van der Waals surface area (Å²) in [6.45, 7) is 5.50. The quantitative estimate of drug-likeness (QED) is 0.537. The van der Waals surface area contributed by atoms with Gasteiger partial charge in [-0.15, -0.1) is 22.7 Å². The van der Waals surface area contributed by atoms with Crippen molar-refractivity contribution in [3.8, 4) is 0 Å². The summed E-state index contributed by atoms with van der Waals surface area (Å²) in [7, 11) is 0. The molecule has 0 spiro atoms. The van der Waals surface area contributed by atoms with E-state index in [4.69, 9.17) is 4.98 Å². The molecule has 0 atom stereocenters. The number of aromatic nitrogens is 2. The second-order valence-corrected chi connectivity index (χ2v) is 12.1. The molecule has 2 aromatic rings. The average Bonchev–Trinajstić information content (AvgIpc) is 3.38. The number of carbonyl (C=O) groups excluding carboxylic acids is 1. The normalized spacial score (nSPS) is 24.7. The number of thiazole rings is 2. The van der Waals surface area contributed by atoms with Crippen molar-refractivity contribution in [1.29, 1.82) is 0 Å². The van der Waals surface area contributed by atoms with E-state index in [0.29, 0.717) is 18.1 Å². The van der Waals surface area contributed by atoms with E-state index in [1.165, 1.54) is 75.2 Å². The topological polar surface area (TPSA) is 46.1 Å². The van der Waals surface area contributed by atoms with Gasteiger partial charge in [0.15, 0.2) is 0 Å². The third-order valence-electron chi connectivity index (χ3n) is 7.13. The van der Waals surface area contributed by atoms with Crippen molar-refractivity contribution in [2.75, 3.05) is 13.1 Å². The zero-order valence-electron chi connectivity index (χ0n) is 18.1. The second-order valence-electron chi connectivity index (χ2n) is 9.66. The van der Waals surface area contributed by atoms with Gasteiger partial charge in [-0.3, -0.25) is 9.69 Å². The Labute approximate surface area is 188 Å². The molecule has 0 aromatic carbocycles. The van der Waals surface area contributed by atoms with Crippen molar-refractivity contribution < 1.29 is 4.79 Å². The summed E-state index contributed by atoms with van der Waals surface area (Å²) in [6.07, 6.45) is 13.5. The van der Waals surface area contributed by atoms with Crippen molar-refractivity contribution in [2.45, 2.75) is 83.6 Å². The van der Waals surface area contributed by atoms with E-state index in [9.17, 15) is 4.79 Å². The number of hydrogen-bond acceptors (Lipinski definition) is 6. The first-order valence-electron chi connectivity index (χ1n) is 11.8. The van der Waals surface area contributed by atoms with Gasteiger partial charge in [0.1, 0.15) is 5.78 Å². The number of ketones is 1. The standard InChI is InChI=1S/C24H33N3OS2/c1-16-25-14-21(29-16)13-20(28)12-18-4-2-17(3-5-18)8-10-27-11-9-23-22(15-27)26-24(30-23)19-6-7-19/h14,17-19H,2-13,15H2,1H3. The molecule has 2 aromatic heterocycles. The van der Waals surface area contributed by atoms with Crippen LogP contribution >= 0.6 is 22.7 Å². The van der Waals surface area contributed by atoms with Crippen molar-refractivity contribution in [2.24, 2.45) is 11.8 Å². The molecule has 2 fully saturated rings. The van der Waals surface area contributed by atoms with E-state index in [0.717, 1.165) is 34.7 Å². The molecule has 30 heavy (non-hydrogen) atoms. The molecule has 0 unspecified atom stereocenters. The van der Waals surface area contributed by atoms with Crippen LogP contribution in [0.5, 0.6) is 0 Å². The number of nitrogens with zero attached hydrogens (tertiary/aromatic N) is 3. The predicted molar refractivity (Wildman–Crippen MR) is 123 cm³/mol. The molecule has 4 nitrogen and oxygen atoms in total. The Morgan fingerprint density at radius 3 is 2.67 bits per heavy atom. The third-order valence-corrected chi connectivity index (χ3v) is 9.36. The van der Waals surface area contributed by atoms with E-state index < -0.39 is 0 Å². The lowest BCUT2D eigenvalue weighted by molar-refractivity contribution is -0.119. The number of carbonyl (C=O) groups is 1. The Bertz CT molecular complexity index is 877. The van der Waals surface area contributed by atoms with Crippen molar-refractivity contribution >= 4 is 28.5 Å². The van der Waals surface area contributed by atoms with E-state index in [-0.39, 0.29) is 0 Å². The van der Waals surface area contributed by atoms with Crippen molar-refractivity contribution in [1.82, 2.24) is 14.9 Å². The smallest absolute Gasteiger partial charge is 0.138 e. The van der Waals surface area contributed by atoms with Crippen LogP contribution < -0.4 is 0 Å². The molecular formula is C24H33N3OS2. The first-order chi connectivity index (χ1) is 14.6. The molecule has 0 amide bonds. The van der Waals surface area contributed by atoms with Crippen LogP contribution in [0.15, 0.2) is 6.20 Å². The molecule has 1 aliphatic heterocycles. The lowest BCUT2D eigenvalue weighted by Gasteiger charge is -2.31. The van der Waals surface area contributed by atoms with E-state index in [1.807, 2.05) is 24.5 Å². The Morgan fingerprint density at radius 2 is 1.93 bits per heavy atom. The highest BCUT2D eigenvalue weighted by atomic mass is 32.1. The maximum atomic E-state index is 12.4. The fourth-order valence-electron chi connectivity index (χ4n) is 5.13. The summed E-state index contributed by atoms with van der Waals surface area (Å²) in [5, 5.41) is 2.47. The minimum atomic E-state index is 0.403. The van der Waals surface area contributed by atoms with E-state index in [1.54, 1.807) is 16.2 Å². The molecule has 0 radical (unpaired) electrons. The minimum Gasteiger partial charge on any atom is -0.299 e. The van der Waals surface area contributed by atoms with Gasteiger partial charge in [-0.2, -0.15) is 0 Å². The first kappa shape index (κ1) is 20.8. The second kappa shape index (κ2) is 9.17. The maximum Gasteiger partial charge on any atom is 0.138 e. The SMILES string of the molecule is Cc1ncc(CC(=O)CC2CCC(CCN3CCc4sc(C5CC5)nc4C3)CC2)s1. The highest BCUT2D eigenvalue weighted by Crippen LogP contribution is 2.43.